The smallest absolute Gasteiger partial charge is 0.0242 e. The molecule has 0 fully saturated rings. The fraction of sp³-hybridized carbons (Fsp3) is 0.625. The molecule has 0 bridgehead atoms. The van der Waals surface area contributed by atoms with Gasteiger partial charge in [-0.05, 0) is 31.8 Å². The van der Waals surface area contributed by atoms with Crippen molar-refractivity contribution in [3.05, 3.63) is 34.3 Å². The Balaban J connectivity index is 2.14. The number of hydrogen-bond donors (Lipinski definition) is 1. The van der Waals surface area contributed by atoms with E-state index >= 15 is 0 Å². The molecule has 0 aliphatic carbocycles. The fourth-order valence-electron chi connectivity index (χ4n) is 2.17. The largest absolute Gasteiger partial charge is 0.314 e. The zero-order valence-electron chi connectivity index (χ0n) is 13.0. The van der Waals surface area contributed by atoms with Crippen LogP contribution in [0.15, 0.2) is 28.7 Å². The standard InChI is InChI=1S/C16H28BrN3/c1-4-20(5-2)13-11-18-10-12-19(3)14-15-8-6-7-9-16(15)17/h6-9,18H,4-5,10-14H2,1-3H3. The van der Waals surface area contributed by atoms with Gasteiger partial charge in [0, 0.05) is 37.2 Å². The van der Waals surface area contributed by atoms with E-state index in [0.29, 0.717) is 0 Å². The van der Waals surface area contributed by atoms with Gasteiger partial charge in [-0.25, -0.2) is 0 Å². The zero-order valence-corrected chi connectivity index (χ0v) is 14.6. The van der Waals surface area contributed by atoms with E-state index in [2.05, 4.69) is 76.2 Å². The average Bonchev–Trinajstić information content (AvgIpc) is 2.45. The highest BCUT2D eigenvalue weighted by atomic mass is 79.9. The predicted octanol–water partition coefficient (Wildman–Crippen LogP) is 2.81. The summed E-state index contributed by atoms with van der Waals surface area (Å²) in [6, 6.07) is 8.43. The molecular formula is C16H28BrN3. The van der Waals surface area contributed by atoms with E-state index in [1.165, 1.54) is 10.0 Å². The van der Waals surface area contributed by atoms with E-state index in [-0.39, 0.29) is 0 Å². The molecule has 0 heterocycles. The highest BCUT2D eigenvalue weighted by Crippen LogP contribution is 2.16. The van der Waals surface area contributed by atoms with Crippen LogP contribution in [0.4, 0.5) is 0 Å². The lowest BCUT2D eigenvalue weighted by Crippen LogP contribution is -2.35. The van der Waals surface area contributed by atoms with Crippen LogP contribution in [-0.4, -0.2) is 56.1 Å². The first-order valence-electron chi connectivity index (χ1n) is 7.52. The summed E-state index contributed by atoms with van der Waals surface area (Å²) in [5.74, 6) is 0. The van der Waals surface area contributed by atoms with Gasteiger partial charge in [0.05, 0.1) is 0 Å². The van der Waals surface area contributed by atoms with Crippen LogP contribution in [0.25, 0.3) is 0 Å². The minimum absolute atomic E-state index is 0.985. The molecule has 0 amide bonds. The van der Waals surface area contributed by atoms with E-state index in [4.69, 9.17) is 0 Å². The summed E-state index contributed by atoms with van der Waals surface area (Å²) in [7, 11) is 2.17. The van der Waals surface area contributed by atoms with Gasteiger partial charge in [0.1, 0.15) is 0 Å². The van der Waals surface area contributed by atoms with Crippen LogP contribution in [0, 0.1) is 0 Å². The van der Waals surface area contributed by atoms with Gasteiger partial charge in [-0.1, -0.05) is 48.0 Å². The Hall–Kier alpha value is -0.420. The molecule has 114 valence electrons. The monoisotopic (exact) mass is 341 g/mol. The normalized spacial score (nSPS) is 11.5. The highest BCUT2D eigenvalue weighted by Gasteiger charge is 2.03. The number of benzene rings is 1. The maximum Gasteiger partial charge on any atom is 0.0242 e. The predicted molar refractivity (Wildman–Crippen MR) is 91.1 cm³/mol. The lowest BCUT2D eigenvalue weighted by molar-refractivity contribution is 0.291. The average molecular weight is 342 g/mol. The first kappa shape index (κ1) is 17.6. The van der Waals surface area contributed by atoms with Crippen molar-refractivity contribution in [2.45, 2.75) is 20.4 Å². The lowest BCUT2D eigenvalue weighted by atomic mass is 10.2. The molecule has 0 unspecified atom stereocenters. The lowest BCUT2D eigenvalue weighted by Gasteiger charge is -2.20. The van der Waals surface area contributed by atoms with Crippen molar-refractivity contribution in [1.29, 1.82) is 0 Å². The van der Waals surface area contributed by atoms with Crippen LogP contribution in [0.2, 0.25) is 0 Å². The van der Waals surface area contributed by atoms with E-state index in [0.717, 1.165) is 45.8 Å². The molecule has 1 aromatic rings. The van der Waals surface area contributed by atoms with E-state index < -0.39 is 0 Å². The Morgan fingerprint density at radius 2 is 1.70 bits per heavy atom. The Morgan fingerprint density at radius 3 is 2.35 bits per heavy atom. The quantitative estimate of drug-likeness (QED) is 0.660. The molecule has 4 heteroatoms. The van der Waals surface area contributed by atoms with Gasteiger partial charge in [-0.3, -0.25) is 0 Å². The van der Waals surface area contributed by atoms with Gasteiger partial charge in [0.25, 0.3) is 0 Å². The minimum atomic E-state index is 0.985. The second-order valence-corrected chi connectivity index (χ2v) is 5.96. The van der Waals surface area contributed by atoms with Crippen LogP contribution in [-0.2, 0) is 6.54 Å². The second kappa shape index (κ2) is 10.3. The summed E-state index contributed by atoms with van der Waals surface area (Å²) in [5, 5.41) is 3.52. The van der Waals surface area contributed by atoms with Crippen LogP contribution in [0.1, 0.15) is 19.4 Å². The van der Waals surface area contributed by atoms with Gasteiger partial charge in [-0.15, -0.1) is 0 Å². The molecule has 3 nitrogen and oxygen atoms in total. The van der Waals surface area contributed by atoms with E-state index in [9.17, 15) is 0 Å². The Morgan fingerprint density at radius 1 is 1.05 bits per heavy atom. The van der Waals surface area contributed by atoms with Gasteiger partial charge >= 0.3 is 0 Å². The SMILES string of the molecule is CCN(CC)CCNCCN(C)Cc1ccccc1Br. The second-order valence-electron chi connectivity index (χ2n) is 5.11. The zero-order chi connectivity index (χ0) is 14.8. The third-order valence-electron chi connectivity index (χ3n) is 3.57. The van der Waals surface area contributed by atoms with Gasteiger partial charge < -0.3 is 15.1 Å². The Kier molecular flexibility index (Phi) is 9.10. The van der Waals surface area contributed by atoms with Gasteiger partial charge in [0.2, 0.25) is 0 Å². The summed E-state index contributed by atoms with van der Waals surface area (Å²) in [5.41, 5.74) is 1.35. The van der Waals surface area contributed by atoms with Crippen molar-refractivity contribution in [3.8, 4) is 0 Å². The Labute approximate surface area is 132 Å². The van der Waals surface area contributed by atoms with Crippen molar-refractivity contribution < 1.29 is 0 Å². The molecule has 0 aliphatic rings. The number of nitrogens with one attached hydrogen (secondary N) is 1. The highest BCUT2D eigenvalue weighted by molar-refractivity contribution is 9.10. The molecule has 0 saturated carbocycles. The maximum atomic E-state index is 3.60. The van der Waals surface area contributed by atoms with Crippen molar-refractivity contribution >= 4 is 15.9 Å². The van der Waals surface area contributed by atoms with Crippen molar-refractivity contribution in [3.63, 3.8) is 0 Å². The molecule has 0 aliphatic heterocycles. The van der Waals surface area contributed by atoms with Gasteiger partial charge in [-0.2, -0.15) is 0 Å². The first-order valence-corrected chi connectivity index (χ1v) is 8.31. The topological polar surface area (TPSA) is 18.5 Å². The summed E-state index contributed by atoms with van der Waals surface area (Å²) in [6.07, 6.45) is 0. The third kappa shape index (κ3) is 6.84. The molecule has 20 heavy (non-hydrogen) atoms. The van der Waals surface area contributed by atoms with Crippen LogP contribution < -0.4 is 5.32 Å². The van der Waals surface area contributed by atoms with Crippen molar-refractivity contribution in [1.82, 2.24) is 15.1 Å². The molecular weight excluding hydrogens is 314 g/mol. The molecule has 0 spiro atoms. The Bertz CT molecular complexity index is 366. The molecule has 0 radical (unpaired) electrons. The number of halogens is 1. The molecule has 1 N–H and O–H groups in total. The van der Waals surface area contributed by atoms with Crippen molar-refractivity contribution in [2.24, 2.45) is 0 Å². The van der Waals surface area contributed by atoms with E-state index in [1.807, 2.05) is 0 Å². The fourth-order valence-corrected chi connectivity index (χ4v) is 2.58. The van der Waals surface area contributed by atoms with Crippen LogP contribution in [0.3, 0.4) is 0 Å². The molecule has 1 aromatic carbocycles. The summed E-state index contributed by atoms with van der Waals surface area (Å²) in [4.78, 5) is 4.79. The van der Waals surface area contributed by atoms with Gasteiger partial charge in [0.15, 0.2) is 0 Å². The summed E-state index contributed by atoms with van der Waals surface area (Å²) < 4.78 is 1.20. The van der Waals surface area contributed by atoms with Crippen LogP contribution >= 0.6 is 15.9 Å². The summed E-state index contributed by atoms with van der Waals surface area (Å²) in [6.45, 7) is 12.0. The molecule has 1 rings (SSSR count). The van der Waals surface area contributed by atoms with E-state index in [1.54, 1.807) is 0 Å². The number of nitrogens with zero attached hydrogens (tertiary/aromatic N) is 2. The molecule has 0 aromatic heterocycles. The number of likely N-dealkylation sites (N-methyl/N-ethyl adjacent to an activating group) is 2. The van der Waals surface area contributed by atoms with Crippen molar-refractivity contribution in [2.75, 3.05) is 46.3 Å². The first-order chi connectivity index (χ1) is 9.67. The maximum absolute atomic E-state index is 3.60. The third-order valence-corrected chi connectivity index (χ3v) is 4.34. The molecule has 0 saturated heterocycles. The summed E-state index contributed by atoms with van der Waals surface area (Å²) >= 11 is 3.60. The minimum Gasteiger partial charge on any atom is -0.314 e. The van der Waals surface area contributed by atoms with Crippen LogP contribution in [0.5, 0.6) is 0 Å². The molecule has 0 atom stereocenters. The number of rotatable bonds is 10. The number of hydrogen-bond acceptors (Lipinski definition) is 3.